The number of hydrogen-bond acceptors (Lipinski definition) is 5. The fourth-order valence-corrected chi connectivity index (χ4v) is 2.76. The van der Waals surface area contributed by atoms with E-state index in [4.69, 9.17) is 21.1 Å². The number of hydrazine groups is 1. The summed E-state index contributed by atoms with van der Waals surface area (Å²) in [4.78, 5) is 24.9. The topological polar surface area (TPSA) is 105 Å². The monoisotopic (exact) mass is 414 g/mol. The summed E-state index contributed by atoms with van der Waals surface area (Å²) >= 11 is 5.90. The van der Waals surface area contributed by atoms with Gasteiger partial charge in [-0.1, -0.05) is 23.7 Å². The zero-order valence-electron chi connectivity index (χ0n) is 15.8. The van der Waals surface area contributed by atoms with E-state index in [-0.39, 0.29) is 5.56 Å². The van der Waals surface area contributed by atoms with Crippen LogP contribution in [0.4, 0.5) is 0 Å². The molecule has 150 valence electrons. The van der Waals surface area contributed by atoms with E-state index >= 15 is 0 Å². The van der Waals surface area contributed by atoms with Crippen LogP contribution in [0.15, 0.2) is 48.7 Å². The minimum absolute atomic E-state index is 0.275. The molecule has 0 aliphatic rings. The molecule has 0 bridgehead atoms. The molecule has 3 N–H and O–H groups in total. The molecule has 0 saturated heterocycles. The lowest BCUT2D eigenvalue weighted by molar-refractivity contribution is 0.0847. The number of nitrogens with one attached hydrogen (secondary N) is 3. The molecule has 0 radical (unpaired) electrons. The number of ether oxygens (including phenoxy) is 2. The Morgan fingerprint density at radius 1 is 1.07 bits per heavy atom. The van der Waals surface area contributed by atoms with Crippen LogP contribution in [-0.2, 0) is 0 Å². The summed E-state index contributed by atoms with van der Waals surface area (Å²) in [5.41, 5.74) is 6.59. The van der Waals surface area contributed by atoms with E-state index in [1.807, 2.05) is 6.92 Å². The number of rotatable bonds is 6. The van der Waals surface area contributed by atoms with Crippen molar-refractivity contribution in [3.05, 3.63) is 64.8 Å². The first-order chi connectivity index (χ1) is 14.0. The van der Waals surface area contributed by atoms with Gasteiger partial charge in [0, 0.05) is 16.1 Å². The molecule has 2 amide bonds. The van der Waals surface area contributed by atoms with Crippen LogP contribution in [-0.4, -0.2) is 35.7 Å². The lowest BCUT2D eigenvalue weighted by atomic mass is 10.1. The van der Waals surface area contributed by atoms with Gasteiger partial charge in [0.05, 0.1) is 31.2 Å². The third-order valence-corrected chi connectivity index (χ3v) is 4.28. The smallest absolute Gasteiger partial charge is 0.273 e. The van der Waals surface area contributed by atoms with Gasteiger partial charge in [-0.3, -0.25) is 25.5 Å². The van der Waals surface area contributed by atoms with Crippen molar-refractivity contribution in [1.82, 2.24) is 21.0 Å². The second-order valence-corrected chi connectivity index (χ2v) is 6.31. The first kappa shape index (κ1) is 20.2. The van der Waals surface area contributed by atoms with Gasteiger partial charge in [-0.15, -0.1) is 0 Å². The van der Waals surface area contributed by atoms with E-state index in [1.54, 1.807) is 36.4 Å². The maximum absolute atomic E-state index is 12.5. The van der Waals surface area contributed by atoms with Crippen molar-refractivity contribution in [3.63, 3.8) is 0 Å². The van der Waals surface area contributed by atoms with E-state index in [0.717, 1.165) is 5.56 Å². The van der Waals surface area contributed by atoms with Crippen LogP contribution >= 0.6 is 11.6 Å². The van der Waals surface area contributed by atoms with E-state index in [0.29, 0.717) is 34.4 Å². The third kappa shape index (κ3) is 4.67. The molecule has 0 saturated carbocycles. The standard InChI is InChI=1S/C20H19ClN4O4/c1-3-29-16-9-6-13(10-17(16)28-2)19(26)24-25-20(27)15-11-22-23-18(15)12-4-7-14(21)8-5-12/h4-11H,3H2,1-2H3,(H,22,23)(H,24,26)(H,25,27). The van der Waals surface area contributed by atoms with Crippen LogP contribution in [0.3, 0.4) is 0 Å². The number of halogens is 1. The zero-order valence-corrected chi connectivity index (χ0v) is 16.5. The molecule has 0 aliphatic heterocycles. The predicted molar refractivity (Wildman–Crippen MR) is 108 cm³/mol. The second kappa shape index (κ2) is 9.11. The fourth-order valence-electron chi connectivity index (χ4n) is 2.63. The predicted octanol–water partition coefficient (Wildman–Crippen LogP) is 3.21. The molecule has 8 nitrogen and oxygen atoms in total. The van der Waals surface area contributed by atoms with Crippen molar-refractivity contribution in [2.24, 2.45) is 0 Å². The Bertz CT molecular complexity index is 1020. The first-order valence-electron chi connectivity index (χ1n) is 8.74. The van der Waals surface area contributed by atoms with Crippen LogP contribution in [0.5, 0.6) is 11.5 Å². The van der Waals surface area contributed by atoms with Crippen LogP contribution in [0.25, 0.3) is 11.3 Å². The summed E-state index contributed by atoms with van der Waals surface area (Å²) in [7, 11) is 1.48. The van der Waals surface area contributed by atoms with Gasteiger partial charge in [-0.25, -0.2) is 0 Å². The first-order valence-corrected chi connectivity index (χ1v) is 9.12. The number of H-pyrrole nitrogens is 1. The average molecular weight is 415 g/mol. The number of aromatic nitrogens is 2. The largest absolute Gasteiger partial charge is 0.493 e. The molecule has 0 spiro atoms. The minimum Gasteiger partial charge on any atom is -0.493 e. The molecule has 29 heavy (non-hydrogen) atoms. The molecule has 0 unspecified atom stereocenters. The molecular formula is C20H19ClN4O4. The van der Waals surface area contributed by atoms with Crippen molar-refractivity contribution in [1.29, 1.82) is 0 Å². The van der Waals surface area contributed by atoms with Gasteiger partial charge in [0.15, 0.2) is 11.5 Å². The number of benzene rings is 2. The summed E-state index contributed by atoms with van der Waals surface area (Å²) < 4.78 is 10.7. The summed E-state index contributed by atoms with van der Waals surface area (Å²) in [6.45, 7) is 2.32. The highest BCUT2D eigenvalue weighted by molar-refractivity contribution is 6.30. The average Bonchev–Trinajstić information content (AvgIpc) is 3.22. The van der Waals surface area contributed by atoms with Crippen molar-refractivity contribution in [2.45, 2.75) is 6.92 Å². The summed E-state index contributed by atoms with van der Waals surface area (Å²) in [5, 5.41) is 7.27. The second-order valence-electron chi connectivity index (χ2n) is 5.87. The van der Waals surface area contributed by atoms with Crippen molar-refractivity contribution in [3.8, 4) is 22.8 Å². The summed E-state index contributed by atoms with van der Waals surface area (Å²) in [6.07, 6.45) is 1.38. The van der Waals surface area contributed by atoms with Crippen LogP contribution in [0, 0.1) is 0 Å². The fraction of sp³-hybridized carbons (Fsp3) is 0.150. The lowest BCUT2D eigenvalue weighted by Crippen LogP contribution is -2.41. The van der Waals surface area contributed by atoms with Gasteiger partial charge < -0.3 is 9.47 Å². The Morgan fingerprint density at radius 3 is 2.48 bits per heavy atom. The molecule has 1 heterocycles. The number of nitrogens with zero attached hydrogens (tertiary/aromatic N) is 1. The number of amides is 2. The maximum Gasteiger partial charge on any atom is 0.273 e. The Morgan fingerprint density at radius 2 is 1.79 bits per heavy atom. The Labute approximate surface area is 172 Å². The molecule has 0 atom stereocenters. The van der Waals surface area contributed by atoms with E-state index in [1.165, 1.54) is 19.4 Å². The lowest BCUT2D eigenvalue weighted by Gasteiger charge is -2.11. The molecule has 9 heteroatoms. The van der Waals surface area contributed by atoms with E-state index < -0.39 is 11.8 Å². The molecule has 1 aromatic heterocycles. The molecular weight excluding hydrogens is 396 g/mol. The molecule has 0 fully saturated rings. The van der Waals surface area contributed by atoms with E-state index in [2.05, 4.69) is 21.0 Å². The summed E-state index contributed by atoms with van der Waals surface area (Å²) in [5.74, 6) is -0.0709. The van der Waals surface area contributed by atoms with Gasteiger partial charge in [0.1, 0.15) is 0 Å². The Hall–Kier alpha value is -3.52. The van der Waals surface area contributed by atoms with Gasteiger partial charge in [-0.2, -0.15) is 5.10 Å². The van der Waals surface area contributed by atoms with Gasteiger partial charge in [0.2, 0.25) is 0 Å². The molecule has 2 aromatic carbocycles. The molecule has 0 aliphatic carbocycles. The molecule has 3 aromatic rings. The minimum atomic E-state index is -0.519. The number of carbonyl (C=O) groups excluding carboxylic acids is 2. The van der Waals surface area contributed by atoms with Crippen LogP contribution in [0.2, 0.25) is 5.02 Å². The Balaban J connectivity index is 1.69. The third-order valence-electron chi connectivity index (χ3n) is 4.03. The van der Waals surface area contributed by atoms with Gasteiger partial charge >= 0.3 is 0 Å². The zero-order chi connectivity index (χ0) is 20.8. The summed E-state index contributed by atoms with van der Waals surface area (Å²) in [6, 6.07) is 11.7. The maximum atomic E-state index is 12.5. The van der Waals surface area contributed by atoms with Crippen molar-refractivity contribution < 1.29 is 19.1 Å². The number of aromatic amines is 1. The highest BCUT2D eigenvalue weighted by Crippen LogP contribution is 2.28. The van der Waals surface area contributed by atoms with Crippen molar-refractivity contribution >= 4 is 23.4 Å². The van der Waals surface area contributed by atoms with Crippen molar-refractivity contribution in [2.75, 3.05) is 13.7 Å². The Kier molecular flexibility index (Phi) is 6.36. The van der Waals surface area contributed by atoms with Crippen LogP contribution in [0.1, 0.15) is 27.6 Å². The quantitative estimate of drug-likeness (QED) is 0.537. The van der Waals surface area contributed by atoms with Crippen LogP contribution < -0.4 is 20.3 Å². The normalized spacial score (nSPS) is 10.3. The van der Waals surface area contributed by atoms with Gasteiger partial charge in [-0.05, 0) is 37.3 Å². The molecule has 3 rings (SSSR count). The SMILES string of the molecule is CCOc1ccc(C(=O)NNC(=O)c2cn[nH]c2-c2ccc(Cl)cc2)cc1OC. The number of carbonyl (C=O) groups is 2. The highest BCUT2D eigenvalue weighted by atomic mass is 35.5. The number of methoxy groups -OCH3 is 1. The van der Waals surface area contributed by atoms with Gasteiger partial charge in [0.25, 0.3) is 11.8 Å². The highest BCUT2D eigenvalue weighted by Gasteiger charge is 2.17. The number of hydrogen-bond donors (Lipinski definition) is 3. The van der Waals surface area contributed by atoms with E-state index in [9.17, 15) is 9.59 Å².